The fourth-order valence-corrected chi connectivity index (χ4v) is 5.93. The largest absolute Gasteiger partial charge is 0.490 e. The summed E-state index contributed by atoms with van der Waals surface area (Å²) in [5.74, 6) is -0.777. The second-order valence-electron chi connectivity index (χ2n) is 6.67. The Morgan fingerprint density at radius 2 is 1.74 bits per heavy atom. The van der Waals surface area contributed by atoms with Crippen LogP contribution in [0.1, 0.15) is 6.23 Å². The maximum absolute atomic E-state index is 12.8. The third-order valence-corrected chi connectivity index (χ3v) is 8.03. The van der Waals surface area contributed by atoms with Crippen LogP contribution in [-0.2, 0) is 38.6 Å². The maximum Gasteiger partial charge on any atom is 0.490 e. The van der Waals surface area contributed by atoms with Gasteiger partial charge in [0.05, 0.1) is 18.8 Å². The molecule has 0 radical (unpaired) electrons. The van der Waals surface area contributed by atoms with Crippen LogP contribution in [0.15, 0.2) is 4.79 Å². The van der Waals surface area contributed by atoms with Crippen LogP contribution in [0.3, 0.4) is 0 Å². The molecule has 35 heavy (non-hydrogen) atoms. The molecule has 2 aromatic rings. The van der Waals surface area contributed by atoms with Gasteiger partial charge in [0.25, 0.3) is 0 Å². The number of rotatable bonds is 9. The lowest BCUT2D eigenvalue weighted by molar-refractivity contribution is -0.388. The average molecular weight is 568 g/mol. The van der Waals surface area contributed by atoms with Crippen molar-refractivity contribution >= 4 is 40.3 Å². The number of fused-ring (bicyclic) bond motifs is 1. The lowest BCUT2D eigenvalue weighted by atomic mass is 10.1. The van der Waals surface area contributed by atoms with Gasteiger partial charge < -0.3 is 44.6 Å². The highest BCUT2D eigenvalue weighted by molar-refractivity contribution is 7.66. The molecule has 6 unspecified atom stereocenters. The van der Waals surface area contributed by atoms with Crippen LogP contribution in [0.25, 0.3) is 11.0 Å². The molecule has 1 aliphatic heterocycles. The van der Waals surface area contributed by atoms with E-state index in [9.17, 15) is 43.7 Å². The van der Waals surface area contributed by atoms with E-state index in [1.807, 2.05) is 0 Å². The van der Waals surface area contributed by atoms with E-state index >= 15 is 0 Å². The summed E-state index contributed by atoms with van der Waals surface area (Å²) < 4.78 is 51.6. The minimum atomic E-state index is -5.80. The number of nitrogens with zero attached hydrogens (tertiary/aromatic N) is 6. The van der Waals surface area contributed by atoms with Crippen molar-refractivity contribution in [3.8, 4) is 0 Å². The Bertz CT molecular complexity index is 1350. The zero-order valence-corrected chi connectivity index (χ0v) is 19.5. The lowest BCUT2D eigenvalue weighted by Crippen LogP contribution is -2.37. The van der Waals surface area contributed by atoms with E-state index in [0.717, 1.165) is 4.68 Å². The van der Waals surface area contributed by atoms with Gasteiger partial charge >= 0.3 is 34.8 Å². The molecule has 3 heterocycles. The number of aryl methyl sites for hydroxylation is 1. The molecule has 1 fully saturated rings. The highest BCUT2D eigenvalue weighted by atomic mass is 31.3. The number of hydrogen-bond acceptors (Lipinski definition) is 15. The predicted molar refractivity (Wildman–Crippen MR) is 103 cm³/mol. The molecule has 196 valence electrons. The molecule has 25 heteroatoms. The van der Waals surface area contributed by atoms with Crippen LogP contribution >= 0.6 is 23.5 Å². The first-order valence-corrected chi connectivity index (χ1v) is 13.2. The first-order valence-electron chi connectivity index (χ1n) is 8.69. The molecule has 0 spiro atoms. The number of phosphoric ester groups is 1. The van der Waals surface area contributed by atoms with Crippen LogP contribution in [0.4, 0.5) is 5.82 Å². The molecular weight excluding hydrogens is 553 g/mol. The van der Waals surface area contributed by atoms with Crippen LogP contribution in [0, 0.1) is 10.1 Å². The fraction of sp³-hybridized carbons (Fsp3) is 0.600. The summed E-state index contributed by atoms with van der Waals surface area (Å²) >= 11 is 0. The Labute approximate surface area is 190 Å². The highest BCUT2D eigenvalue weighted by Crippen LogP contribution is 2.66. The Morgan fingerprint density at radius 1 is 1.11 bits per heavy atom. The monoisotopic (exact) mass is 568 g/mol. The minimum absolute atomic E-state index is 0.409. The van der Waals surface area contributed by atoms with E-state index < -0.39 is 81.9 Å². The first-order chi connectivity index (χ1) is 15.9. The third-order valence-electron chi connectivity index (χ3n) is 4.23. The van der Waals surface area contributed by atoms with E-state index in [1.54, 1.807) is 0 Å². The standard InChI is InChI=1S/C10H15N6O16P3/c1-14-5-4(8(12-14)16(20)21)11-13-15(9(5)19)10-7(18)6(17)3(30-10)2-29-34(25,26)32-35(27,28)31-33(22,23)24/h3,6-7,10,17-18H,2H2,1H3,(H,25,26)(H,27,28)(H2,22,23,24). The van der Waals surface area contributed by atoms with Crippen LogP contribution in [-0.4, -0.2) is 84.4 Å². The molecule has 0 amide bonds. The molecule has 22 nitrogen and oxygen atoms in total. The maximum atomic E-state index is 12.8. The summed E-state index contributed by atoms with van der Waals surface area (Å²) in [6.07, 6.45) is -7.35. The number of nitro groups is 1. The van der Waals surface area contributed by atoms with Gasteiger partial charge in [0.1, 0.15) is 18.3 Å². The molecular formula is C10H15N6O16P3. The summed E-state index contributed by atoms with van der Waals surface area (Å²) in [4.78, 5) is 58.5. The van der Waals surface area contributed by atoms with Crippen molar-refractivity contribution < 1.29 is 66.3 Å². The Kier molecular flexibility index (Phi) is 7.44. The summed E-state index contributed by atoms with van der Waals surface area (Å²) in [5.41, 5.74) is -1.97. The van der Waals surface area contributed by atoms with Crippen molar-refractivity contribution in [3.63, 3.8) is 0 Å². The van der Waals surface area contributed by atoms with Gasteiger partial charge in [-0.25, -0.2) is 13.7 Å². The third kappa shape index (κ3) is 6.04. The Balaban J connectivity index is 1.78. The van der Waals surface area contributed by atoms with Gasteiger partial charge in [-0.1, -0.05) is 5.21 Å². The number of aliphatic hydroxyl groups is 2. The van der Waals surface area contributed by atoms with Gasteiger partial charge in [0, 0.05) is 0 Å². The van der Waals surface area contributed by atoms with Gasteiger partial charge in [-0.05, 0) is 4.92 Å². The smallest absolute Gasteiger partial charge is 0.387 e. The second-order valence-corrected chi connectivity index (χ2v) is 11.1. The molecule has 0 bridgehead atoms. The number of ether oxygens (including phenoxy) is 1. The van der Waals surface area contributed by atoms with E-state index in [2.05, 4.69) is 28.6 Å². The van der Waals surface area contributed by atoms with Crippen LogP contribution in [0.5, 0.6) is 0 Å². The van der Waals surface area contributed by atoms with Crippen molar-refractivity contribution in [2.45, 2.75) is 24.5 Å². The Hall–Kier alpha value is -2.03. The van der Waals surface area contributed by atoms with E-state index in [0.29, 0.717) is 4.68 Å². The minimum Gasteiger partial charge on any atom is -0.387 e. The van der Waals surface area contributed by atoms with Crippen molar-refractivity contribution in [3.05, 3.63) is 20.5 Å². The molecule has 2 aromatic heterocycles. The van der Waals surface area contributed by atoms with Gasteiger partial charge in [0.2, 0.25) is 5.52 Å². The average Bonchev–Trinajstić information content (AvgIpc) is 3.16. The molecule has 1 saturated heterocycles. The zero-order chi connectivity index (χ0) is 26.5. The number of aromatic nitrogens is 5. The van der Waals surface area contributed by atoms with Gasteiger partial charge in [-0.15, -0.1) is 5.10 Å². The second kappa shape index (κ2) is 9.45. The fourth-order valence-electron chi connectivity index (χ4n) is 2.90. The molecule has 0 aliphatic carbocycles. The van der Waals surface area contributed by atoms with Crippen molar-refractivity contribution in [1.82, 2.24) is 24.8 Å². The normalized spacial score (nSPS) is 26.5. The first kappa shape index (κ1) is 27.6. The molecule has 0 saturated carbocycles. The van der Waals surface area contributed by atoms with Crippen LogP contribution in [0.2, 0.25) is 0 Å². The number of aliphatic hydroxyl groups excluding tert-OH is 2. The van der Waals surface area contributed by atoms with Crippen LogP contribution < -0.4 is 5.56 Å². The van der Waals surface area contributed by atoms with Gasteiger partial charge in [0.15, 0.2) is 11.7 Å². The van der Waals surface area contributed by atoms with Crippen molar-refractivity contribution in [2.75, 3.05) is 6.61 Å². The summed E-state index contributed by atoms with van der Waals surface area (Å²) in [6.45, 7) is -1.14. The molecule has 0 aromatic carbocycles. The summed E-state index contributed by atoms with van der Waals surface area (Å²) in [5, 5.41) is 41.9. The molecule has 1 aliphatic rings. The predicted octanol–water partition coefficient (Wildman–Crippen LogP) is -2.60. The number of phosphoric acid groups is 3. The lowest BCUT2D eigenvalue weighted by Gasteiger charge is -2.19. The molecule has 6 atom stereocenters. The molecule has 6 N–H and O–H groups in total. The zero-order valence-electron chi connectivity index (χ0n) is 16.8. The highest BCUT2D eigenvalue weighted by Gasteiger charge is 2.47. The quantitative estimate of drug-likeness (QED) is 0.102. The van der Waals surface area contributed by atoms with E-state index in [1.165, 1.54) is 7.05 Å². The number of hydrogen-bond donors (Lipinski definition) is 6. The molecule has 3 rings (SSSR count). The summed E-state index contributed by atoms with van der Waals surface area (Å²) in [6, 6.07) is 0. The van der Waals surface area contributed by atoms with Crippen molar-refractivity contribution in [1.29, 1.82) is 0 Å². The van der Waals surface area contributed by atoms with Crippen molar-refractivity contribution in [2.24, 2.45) is 7.05 Å². The van der Waals surface area contributed by atoms with Gasteiger partial charge in [-0.3, -0.25) is 9.32 Å². The Morgan fingerprint density at radius 3 is 2.31 bits per heavy atom. The topological polar surface area (TPSA) is 318 Å². The SMILES string of the molecule is Cn1nc([N+](=O)[O-])c2nnn(C3OC(COP(=O)(O)OP(=O)(O)OP(=O)(O)O)C(O)C3O)c(=O)c21. The van der Waals surface area contributed by atoms with E-state index in [4.69, 9.17) is 19.4 Å². The summed E-state index contributed by atoms with van der Waals surface area (Å²) in [7, 11) is -15.8. The van der Waals surface area contributed by atoms with Gasteiger partial charge in [-0.2, -0.15) is 18.0 Å². The van der Waals surface area contributed by atoms with E-state index in [-0.39, 0.29) is 0 Å².